The van der Waals surface area contributed by atoms with Gasteiger partial charge in [-0.25, -0.2) is 34.0 Å². The van der Waals surface area contributed by atoms with Gasteiger partial charge in [0.05, 0.1) is 30.1 Å². The summed E-state index contributed by atoms with van der Waals surface area (Å²) in [7, 11) is -10.2. The molecule has 0 spiro atoms. The number of phosphoric ester groups is 2. The maximum absolute atomic E-state index is 12.1. The van der Waals surface area contributed by atoms with E-state index in [0.29, 0.717) is 32.4 Å². The molecule has 2 aromatic heterocycles. The number of hydrogen-bond acceptors (Lipinski definition) is 18. The monoisotopic (exact) mass is 892 g/mol. The maximum Gasteiger partial charge on any atom is 1.00 e. The fraction of sp³-hybridized carbons (Fsp3) is 0.133. The smallest absolute Gasteiger partial charge is 0.790 e. The first kappa shape index (κ1) is 49.6. The molecule has 2 aliphatic heterocycles. The Kier molecular flexibility index (Phi) is 17.5. The maximum atomic E-state index is 12.1. The molecule has 0 aliphatic carbocycles. The predicted molar refractivity (Wildman–Crippen MR) is 186 cm³/mol. The minimum Gasteiger partial charge on any atom is -0.790 e. The standard InChI is InChI=1S/2C15H13N4O9P.2Na/c2*20-14-8-18(15(21)17(14)9-27-29(24,25)26)16-7-12-5-6-13(28-12)10-1-3-11(4-2-10)19(22)23;;/h2*1-7H,8-9H2,(H2,24,25,26);;/q;;2*+1/p-2/b2*16-7+;;. The van der Waals surface area contributed by atoms with Crippen molar-refractivity contribution in [1.82, 2.24) is 19.8 Å². The molecule has 0 bridgehead atoms. The van der Waals surface area contributed by atoms with Crippen LogP contribution < -0.4 is 68.9 Å². The molecule has 304 valence electrons. The zero-order valence-corrected chi connectivity index (χ0v) is 36.6. The van der Waals surface area contributed by atoms with Gasteiger partial charge in [-0.3, -0.25) is 34.3 Å². The molecule has 0 unspecified atom stereocenters. The van der Waals surface area contributed by atoms with E-state index in [1.165, 1.54) is 66.9 Å². The molecule has 2 N–H and O–H groups in total. The van der Waals surface area contributed by atoms with Gasteiger partial charge in [0.1, 0.15) is 49.6 Å². The SMILES string of the molecule is O=C1CN(/N=C/c2ccc(-c3ccc([N+](=O)[O-])cc3)o2)C(=O)N1COP(=O)(O)O.O=C1CN(/N=C/c2ccc(-c3ccc([N+](=O)[O-])cc3)o2)C(=O)N1COP(=O)([O-])[O-].[Na+].[Na+]. The Hall–Kier alpha value is -4.76. The van der Waals surface area contributed by atoms with Gasteiger partial charge in [-0.15, -0.1) is 0 Å². The fourth-order valence-electron chi connectivity index (χ4n) is 4.65. The van der Waals surface area contributed by atoms with Crippen LogP contribution in [-0.4, -0.2) is 102 Å². The molecule has 2 aromatic carbocycles. The summed E-state index contributed by atoms with van der Waals surface area (Å²) in [6.45, 7) is -2.84. The van der Waals surface area contributed by atoms with Crippen molar-refractivity contribution in [3.8, 4) is 22.6 Å². The number of imide groups is 2. The number of nitrogens with zero attached hydrogens (tertiary/aromatic N) is 8. The first-order valence-corrected chi connectivity index (χ1v) is 18.6. The van der Waals surface area contributed by atoms with Gasteiger partial charge in [-0.05, 0) is 48.5 Å². The number of hydrazone groups is 2. The summed E-state index contributed by atoms with van der Waals surface area (Å²) in [6, 6.07) is 15.7. The molecular formula is C30H24N8Na2O18P2. The number of benzene rings is 2. The van der Waals surface area contributed by atoms with E-state index in [1.807, 2.05) is 0 Å². The van der Waals surface area contributed by atoms with Crippen molar-refractivity contribution in [2.75, 3.05) is 26.6 Å². The molecule has 2 aliphatic rings. The molecule has 2 fully saturated rings. The number of carbonyl (C=O) groups excluding carboxylic acids is 4. The molecule has 6 rings (SSSR count). The number of furan rings is 2. The topological polar surface area (TPSA) is 358 Å². The van der Waals surface area contributed by atoms with Gasteiger partial charge >= 0.3 is 79.0 Å². The van der Waals surface area contributed by atoms with Gasteiger partial charge in [0, 0.05) is 35.4 Å². The molecule has 60 heavy (non-hydrogen) atoms. The van der Waals surface area contributed by atoms with E-state index < -0.39 is 75.9 Å². The summed E-state index contributed by atoms with van der Waals surface area (Å²) in [5.74, 6) is -0.289. The number of hydrogen-bond donors (Lipinski definition) is 2. The fourth-order valence-corrected chi connectivity index (χ4v) is 5.18. The average Bonchev–Trinajstić information content (AvgIpc) is 3.95. The summed E-state index contributed by atoms with van der Waals surface area (Å²) >= 11 is 0. The summed E-state index contributed by atoms with van der Waals surface area (Å²) in [5.41, 5.74) is 1.03. The molecule has 6 amide bonds. The minimum absolute atomic E-state index is 0. The second-order valence-electron chi connectivity index (χ2n) is 11.3. The quantitative estimate of drug-likeness (QED) is 0.0302. The van der Waals surface area contributed by atoms with Crippen LogP contribution >= 0.6 is 15.6 Å². The number of amides is 6. The zero-order valence-electron chi connectivity index (χ0n) is 30.8. The number of non-ortho nitro benzene ring substituents is 2. The van der Waals surface area contributed by atoms with Crippen LogP contribution in [0, 0.1) is 20.2 Å². The largest absolute Gasteiger partial charge is 1.00 e. The molecule has 26 nitrogen and oxygen atoms in total. The molecule has 0 atom stereocenters. The molecular weight excluding hydrogens is 868 g/mol. The van der Waals surface area contributed by atoms with Crippen LogP contribution in [0.3, 0.4) is 0 Å². The van der Waals surface area contributed by atoms with Crippen molar-refractivity contribution in [2.24, 2.45) is 10.2 Å². The number of rotatable bonds is 14. The molecule has 30 heteroatoms. The summed E-state index contributed by atoms with van der Waals surface area (Å²) < 4.78 is 40.3. The van der Waals surface area contributed by atoms with Gasteiger partial charge in [0.15, 0.2) is 0 Å². The predicted octanol–water partition coefficient (Wildman–Crippen LogP) is -4.22. The van der Waals surface area contributed by atoms with E-state index >= 15 is 0 Å². The summed E-state index contributed by atoms with van der Waals surface area (Å²) in [4.78, 5) is 107. The zero-order chi connectivity index (χ0) is 42.4. The van der Waals surface area contributed by atoms with Crippen molar-refractivity contribution in [1.29, 1.82) is 0 Å². The second kappa shape index (κ2) is 21.2. The van der Waals surface area contributed by atoms with Gasteiger partial charge in [-0.1, -0.05) is 0 Å². The number of nitro benzene ring substituents is 2. The van der Waals surface area contributed by atoms with Crippen LogP contribution in [0.15, 0.2) is 91.8 Å². The Bertz CT molecular complexity index is 2230. The Balaban J connectivity index is 0.000000310. The Morgan fingerprint density at radius 2 is 1.02 bits per heavy atom. The van der Waals surface area contributed by atoms with Gasteiger partial charge in [0.2, 0.25) is 0 Å². The minimum atomic E-state index is -5.34. The van der Waals surface area contributed by atoms with Crippen molar-refractivity contribution < 1.29 is 135 Å². The first-order chi connectivity index (χ1) is 27.3. The van der Waals surface area contributed by atoms with Crippen molar-refractivity contribution in [3.05, 3.63) is 105 Å². The first-order valence-electron chi connectivity index (χ1n) is 15.7. The van der Waals surface area contributed by atoms with Gasteiger partial charge in [0.25, 0.3) is 23.2 Å². The molecule has 0 saturated carbocycles. The Morgan fingerprint density at radius 1 is 0.650 bits per heavy atom. The van der Waals surface area contributed by atoms with Crippen LogP contribution in [-0.2, 0) is 27.8 Å². The van der Waals surface area contributed by atoms with E-state index in [9.17, 15) is 58.3 Å². The third-order valence-electron chi connectivity index (χ3n) is 7.40. The van der Waals surface area contributed by atoms with Crippen LogP contribution in [0.5, 0.6) is 0 Å². The van der Waals surface area contributed by atoms with Crippen molar-refractivity contribution >= 4 is 63.3 Å². The average molecular weight is 892 g/mol. The van der Waals surface area contributed by atoms with Gasteiger partial charge < -0.3 is 37.5 Å². The van der Waals surface area contributed by atoms with E-state index in [-0.39, 0.29) is 82.0 Å². The van der Waals surface area contributed by atoms with E-state index in [0.717, 1.165) is 16.2 Å². The molecule has 4 aromatic rings. The van der Waals surface area contributed by atoms with Gasteiger partial charge in [-0.2, -0.15) is 10.2 Å². The van der Waals surface area contributed by atoms with E-state index in [1.54, 1.807) is 12.1 Å². The third kappa shape index (κ3) is 13.6. The second-order valence-corrected chi connectivity index (χ2v) is 13.7. The molecule has 4 heterocycles. The van der Waals surface area contributed by atoms with E-state index in [2.05, 4.69) is 19.3 Å². The van der Waals surface area contributed by atoms with Crippen LogP contribution in [0.1, 0.15) is 11.5 Å². The summed E-state index contributed by atoms with van der Waals surface area (Å²) in [6.07, 6.45) is 2.32. The number of nitro groups is 2. The van der Waals surface area contributed by atoms with Crippen LogP contribution in [0.4, 0.5) is 21.0 Å². The normalized spacial score (nSPS) is 14.5. The van der Waals surface area contributed by atoms with E-state index in [4.69, 9.17) is 18.6 Å². The van der Waals surface area contributed by atoms with Crippen LogP contribution in [0.25, 0.3) is 22.6 Å². The Morgan fingerprint density at radius 3 is 1.35 bits per heavy atom. The molecule has 0 radical (unpaired) electrons. The third-order valence-corrected chi connectivity index (χ3v) is 8.29. The Labute approximate surface area is 379 Å². The van der Waals surface area contributed by atoms with Crippen molar-refractivity contribution in [3.63, 3.8) is 0 Å². The summed E-state index contributed by atoms with van der Waals surface area (Å²) in [5, 5.41) is 30.5. The number of urea groups is 2. The van der Waals surface area contributed by atoms with Crippen LogP contribution in [0.2, 0.25) is 0 Å². The van der Waals surface area contributed by atoms with Crippen molar-refractivity contribution in [2.45, 2.75) is 0 Å². The number of phosphoric acid groups is 2. The number of carbonyl (C=O) groups is 4. The molecule has 2 saturated heterocycles.